The van der Waals surface area contributed by atoms with Crippen molar-refractivity contribution in [2.24, 2.45) is 0 Å². The summed E-state index contributed by atoms with van der Waals surface area (Å²) in [4.78, 5) is 0. The lowest BCUT2D eigenvalue weighted by Crippen LogP contribution is -1.97. The first-order valence-electron chi connectivity index (χ1n) is 6.08. The number of aromatic nitrogens is 2. The van der Waals surface area contributed by atoms with Crippen molar-refractivity contribution in [1.82, 2.24) is 9.78 Å². The number of nitrogens with zero attached hydrogens (tertiary/aromatic N) is 3. The highest BCUT2D eigenvalue weighted by Crippen LogP contribution is 2.23. The second-order valence-electron chi connectivity index (χ2n) is 4.31. The highest BCUT2D eigenvalue weighted by atomic mass is 35.5. The molecule has 20 heavy (non-hydrogen) atoms. The molecule has 96 valence electrons. The van der Waals surface area contributed by atoms with E-state index in [1.54, 1.807) is 29.1 Å². The van der Waals surface area contributed by atoms with Gasteiger partial charge in [-0.3, -0.25) is 0 Å². The molecule has 4 heteroatoms. The van der Waals surface area contributed by atoms with E-state index in [1.165, 1.54) is 0 Å². The monoisotopic (exact) mass is 279 g/mol. The van der Waals surface area contributed by atoms with Crippen LogP contribution < -0.4 is 0 Å². The predicted molar refractivity (Wildman–Crippen MR) is 78.7 cm³/mol. The minimum Gasteiger partial charge on any atom is -0.239 e. The van der Waals surface area contributed by atoms with Crippen LogP contribution in [0.4, 0.5) is 0 Å². The van der Waals surface area contributed by atoms with Gasteiger partial charge in [-0.15, -0.1) is 0 Å². The first-order chi connectivity index (χ1) is 9.78. The molecular formula is C16H10ClN3. The summed E-state index contributed by atoms with van der Waals surface area (Å²) in [5, 5.41) is 14.1. The van der Waals surface area contributed by atoms with Crippen LogP contribution >= 0.6 is 11.6 Å². The molecule has 3 rings (SSSR count). The Bertz CT molecular complexity index is 785. The summed E-state index contributed by atoms with van der Waals surface area (Å²) < 4.78 is 1.67. The first kappa shape index (κ1) is 12.5. The van der Waals surface area contributed by atoms with Gasteiger partial charge in [-0.25, -0.2) is 4.68 Å². The van der Waals surface area contributed by atoms with Crippen molar-refractivity contribution in [2.45, 2.75) is 0 Å². The van der Waals surface area contributed by atoms with E-state index >= 15 is 0 Å². The van der Waals surface area contributed by atoms with Crippen molar-refractivity contribution in [3.05, 3.63) is 71.5 Å². The summed E-state index contributed by atoms with van der Waals surface area (Å²) in [7, 11) is 0. The summed E-state index contributed by atoms with van der Waals surface area (Å²) in [5.74, 6) is 0. The molecule has 3 nitrogen and oxygen atoms in total. The molecule has 0 saturated heterocycles. The van der Waals surface area contributed by atoms with Gasteiger partial charge in [0, 0.05) is 16.8 Å². The zero-order valence-corrected chi connectivity index (χ0v) is 11.2. The standard InChI is InChI=1S/C16H10ClN3/c17-15-7-6-13(9-18)16(8-15)20-11-14(10-19-20)12-4-2-1-3-5-12/h1-8,10-11H. The van der Waals surface area contributed by atoms with Crippen LogP contribution in [0, 0.1) is 11.3 Å². The number of rotatable bonds is 2. The Labute approximate surface area is 121 Å². The van der Waals surface area contributed by atoms with E-state index in [1.807, 2.05) is 36.5 Å². The molecule has 0 aliphatic carbocycles. The molecular weight excluding hydrogens is 270 g/mol. The van der Waals surface area contributed by atoms with Crippen LogP contribution in [0.25, 0.3) is 16.8 Å². The van der Waals surface area contributed by atoms with Gasteiger partial charge in [0.2, 0.25) is 0 Å². The zero-order valence-electron chi connectivity index (χ0n) is 10.5. The van der Waals surface area contributed by atoms with E-state index in [0.717, 1.165) is 11.1 Å². The molecule has 0 radical (unpaired) electrons. The van der Waals surface area contributed by atoms with Crippen LogP contribution in [0.2, 0.25) is 5.02 Å². The minimum absolute atomic E-state index is 0.539. The Morgan fingerprint density at radius 2 is 1.85 bits per heavy atom. The maximum Gasteiger partial charge on any atom is 0.101 e. The molecule has 0 unspecified atom stereocenters. The Hall–Kier alpha value is -2.57. The average molecular weight is 280 g/mol. The SMILES string of the molecule is N#Cc1ccc(Cl)cc1-n1cc(-c2ccccc2)cn1. The summed E-state index contributed by atoms with van der Waals surface area (Å²) in [6.45, 7) is 0. The third kappa shape index (κ3) is 2.29. The largest absolute Gasteiger partial charge is 0.239 e. The maximum atomic E-state index is 9.16. The summed E-state index contributed by atoms with van der Waals surface area (Å²) in [6.07, 6.45) is 3.67. The van der Waals surface area contributed by atoms with Crippen molar-refractivity contribution in [2.75, 3.05) is 0 Å². The lowest BCUT2D eigenvalue weighted by Gasteiger charge is -2.04. The van der Waals surface area contributed by atoms with Gasteiger partial charge >= 0.3 is 0 Å². The molecule has 1 aromatic heterocycles. The van der Waals surface area contributed by atoms with E-state index in [2.05, 4.69) is 11.2 Å². The predicted octanol–water partition coefficient (Wildman–Crippen LogP) is 4.06. The first-order valence-corrected chi connectivity index (χ1v) is 6.46. The van der Waals surface area contributed by atoms with E-state index in [0.29, 0.717) is 16.3 Å². The van der Waals surface area contributed by atoms with Gasteiger partial charge in [0.25, 0.3) is 0 Å². The molecule has 0 atom stereocenters. The highest BCUT2D eigenvalue weighted by Gasteiger charge is 2.08. The fourth-order valence-electron chi connectivity index (χ4n) is 2.02. The Kier molecular flexibility index (Phi) is 3.24. The molecule has 0 spiro atoms. The summed E-state index contributed by atoms with van der Waals surface area (Å²) in [6, 6.07) is 17.2. The van der Waals surface area contributed by atoms with Gasteiger partial charge < -0.3 is 0 Å². The molecule has 0 aliphatic rings. The summed E-state index contributed by atoms with van der Waals surface area (Å²) >= 11 is 6.00. The van der Waals surface area contributed by atoms with Gasteiger partial charge in [-0.2, -0.15) is 10.4 Å². The Balaban J connectivity index is 2.07. The third-order valence-corrected chi connectivity index (χ3v) is 3.25. The quantitative estimate of drug-likeness (QED) is 0.710. The Morgan fingerprint density at radius 1 is 1.05 bits per heavy atom. The molecule has 0 N–H and O–H groups in total. The van der Waals surface area contributed by atoms with Gasteiger partial charge in [0.05, 0.1) is 17.4 Å². The normalized spacial score (nSPS) is 10.2. The molecule has 1 heterocycles. The van der Waals surface area contributed by atoms with Gasteiger partial charge in [-0.1, -0.05) is 41.9 Å². The van der Waals surface area contributed by atoms with E-state index < -0.39 is 0 Å². The van der Waals surface area contributed by atoms with Crippen molar-refractivity contribution in [3.63, 3.8) is 0 Å². The van der Waals surface area contributed by atoms with Crippen LogP contribution in [0.15, 0.2) is 60.9 Å². The average Bonchev–Trinajstić information content (AvgIpc) is 2.98. The number of benzene rings is 2. The van der Waals surface area contributed by atoms with Gasteiger partial charge in [-0.05, 0) is 23.8 Å². The molecule has 0 bridgehead atoms. The lowest BCUT2D eigenvalue weighted by molar-refractivity contribution is 0.877. The smallest absolute Gasteiger partial charge is 0.101 e. The molecule has 0 saturated carbocycles. The topological polar surface area (TPSA) is 41.6 Å². The fourth-order valence-corrected chi connectivity index (χ4v) is 2.19. The number of hydrogen-bond acceptors (Lipinski definition) is 2. The number of hydrogen-bond donors (Lipinski definition) is 0. The fraction of sp³-hybridized carbons (Fsp3) is 0. The molecule has 0 fully saturated rings. The molecule has 2 aromatic carbocycles. The minimum atomic E-state index is 0.539. The van der Waals surface area contributed by atoms with Crippen LogP contribution in [-0.2, 0) is 0 Å². The Morgan fingerprint density at radius 3 is 2.60 bits per heavy atom. The third-order valence-electron chi connectivity index (χ3n) is 3.02. The van der Waals surface area contributed by atoms with Crippen molar-refractivity contribution >= 4 is 11.6 Å². The van der Waals surface area contributed by atoms with E-state index in [-0.39, 0.29) is 0 Å². The van der Waals surface area contributed by atoms with Crippen LogP contribution in [0.5, 0.6) is 0 Å². The van der Waals surface area contributed by atoms with Crippen LogP contribution in [-0.4, -0.2) is 9.78 Å². The number of halogens is 1. The molecule has 0 amide bonds. The van der Waals surface area contributed by atoms with Crippen molar-refractivity contribution < 1.29 is 0 Å². The highest BCUT2D eigenvalue weighted by molar-refractivity contribution is 6.30. The lowest BCUT2D eigenvalue weighted by atomic mass is 10.1. The van der Waals surface area contributed by atoms with Crippen LogP contribution in [0.3, 0.4) is 0 Å². The van der Waals surface area contributed by atoms with Crippen molar-refractivity contribution in [3.8, 4) is 22.9 Å². The molecule has 3 aromatic rings. The number of nitriles is 1. The second kappa shape index (κ2) is 5.20. The van der Waals surface area contributed by atoms with Gasteiger partial charge in [0.15, 0.2) is 0 Å². The van der Waals surface area contributed by atoms with E-state index in [4.69, 9.17) is 16.9 Å². The second-order valence-corrected chi connectivity index (χ2v) is 4.75. The maximum absolute atomic E-state index is 9.16. The van der Waals surface area contributed by atoms with Crippen molar-refractivity contribution in [1.29, 1.82) is 5.26 Å². The summed E-state index contributed by atoms with van der Waals surface area (Å²) in [5.41, 5.74) is 3.30. The zero-order chi connectivity index (χ0) is 13.9. The molecule has 0 aliphatic heterocycles. The van der Waals surface area contributed by atoms with Crippen LogP contribution in [0.1, 0.15) is 5.56 Å². The van der Waals surface area contributed by atoms with E-state index in [9.17, 15) is 0 Å². The van der Waals surface area contributed by atoms with Gasteiger partial charge in [0.1, 0.15) is 6.07 Å².